The number of hydrogen-bond donors (Lipinski definition) is 0. The van der Waals surface area contributed by atoms with Crippen LogP contribution in [0.4, 0.5) is 79.0 Å². The fourth-order valence-corrected chi connectivity index (χ4v) is 1.29. The quantitative estimate of drug-likeness (QED) is 0.323. The first kappa shape index (κ1) is 26.5. The smallest absolute Gasteiger partial charge is 0.222 e. The summed E-state index contributed by atoms with van der Waals surface area (Å²) in [6.07, 6.45) is -27.2. The average molecular weight is 464 g/mol. The highest BCUT2D eigenvalue weighted by molar-refractivity contribution is 5.22. The summed E-state index contributed by atoms with van der Waals surface area (Å²) in [4.78, 5) is 0. The van der Waals surface area contributed by atoms with Gasteiger partial charge in [0.25, 0.3) is 5.67 Å². The van der Waals surface area contributed by atoms with Gasteiger partial charge in [-0.2, -0.15) is 74.6 Å². The van der Waals surface area contributed by atoms with Crippen LogP contribution < -0.4 is 0 Å². The molecule has 0 amide bonds. The van der Waals surface area contributed by atoms with Gasteiger partial charge >= 0.3 is 42.2 Å². The zero-order valence-corrected chi connectivity index (χ0v) is 12.0. The van der Waals surface area contributed by atoms with E-state index >= 15 is 0 Å². The molecule has 0 N–H and O–H groups in total. The van der Waals surface area contributed by atoms with Gasteiger partial charge in [0.05, 0.1) is 0 Å². The van der Waals surface area contributed by atoms with Gasteiger partial charge < -0.3 is 0 Å². The standard InChI is InChI=1S/C10H2F18/c11-3(8(20,21)22,1-2-4(12,13)9(23,24)25)5(14,15)6(16,17)7(18,19)10(26,27)28/h1-2H/b2-1+. The van der Waals surface area contributed by atoms with Gasteiger partial charge in [-0.1, -0.05) is 0 Å². The molecule has 0 aromatic heterocycles. The molecule has 168 valence electrons. The number of rotatable bonds is 5. The average Bonchev–Trinajstić information content (AvgIpc) is 2.40. The molecule has 1 unspecified atom stereocenters. The highest BCUT2D eigenvalue weighted by Gasteiger charge is 2.89. The lowest BCUT2D eigenvalue weighted by atomic mass is 9.87. The molecule has 0 saturated heterocycles. The van der Waals surface area contributed by atoms with Crippen LogP contribution in [0.15, 0.2) is 12.2 Å². The van der Waals surface area contributed by atoms with Gasteiger partial charge in [0.15, 0.2) is 0 Å². The van der Waals surface area contributed by atoms with Gasteiger partial charge in [0, 0.05) is 0 Å². The lowest BCUT2D eigenvalue weighted by Crippen LogP contribution is -2.70. The molecule has 1 atom stereocenters. The number of allylic oxidation sites excluding steroid dienone is 2. The molecule has 0 rings (SSSR count). The summed E-state index contributed by atoms with van der Waals surface area (Å²) in [6.45, 7) is 0. The predicted octanol–water partition coefficient (Wildman–Crippen LogP) is 6.48. The third kappa shape index (κ3) is 3.81. The molecule has 0 aromatic carbocycles. The molecule has 0 bridgehead atoms. The summed E-state index contributed by atoms with van der Waals surface area (Å²) < 4.78 is 224. The lowest BCUT2D eigenvalue weighted by molar-refractivity contribution is -0.425. The number of halogens is 18. The summed E-state index contributed by atoms with van der Waals surface area (Å²) in [5.74, 6) is -31.2. The minimum Gasteiger partial charge on any atom is -0.222 e. The first-order chi connectivity index (χ1) is 11.7. The monoisotopic (exact) mass is 464 g/mol. The number of alkyl halides is 18. The Kier molecular flexibility index (Phi) is 6.14. The van der Waals surface area contributed by atoms with Crippen LogP contribution in [0.25, 0.3) is 0 Å². The second-order valence-corrected chi connectivity index (χ2v) is 4.88. The van der Waals surface area contributed by atoms with Crippen LogP contribution in [0.2, 0.25) is 0 Å². The first-order valence-electron chi connectivity index (χ1n) is 5.81. The second kappa shape index (κ2) is 6.50. The molecule has 28 heavy (non-hydrogen) atoms. The SMILES string of the molecule is FC(F)(F)C(F)(F)/C=C/C(F)(C(F)(F)F)C(F)(F)C(F)(F)C(F)(F)C(F)(F)F. The Balaban J connectivity index is 6.75. The van der Waals surface area contributed by atoms with Crippen LogP contribution in [-0.4, -0.2) is 47.9 Å². The Morgan fingerprint density at radius 1 is 0.321 bits per heavy atom. The van der Waals surface area contributed by atoms with Crippen LogP contribution in [0.3, 0.4) is 0 Å². The van der Waals surface area contributed by atoms with Crippen LogP contribution in [-0.2, 0) is 0 Å². The largest absolute Gasteiger partial charge is 0.460 e. The molecule has 0 fully saturated rings. The van der Waals surface area contributed by atoms with Gasteiger partial charge in [-0.3, -0.25) is 0 Å². The van der Waals surface area contributed by atoms with E-state index in [9.17, 15) is 79.0 Å². The van der Waals surface area contributed by atoms with Crippen molar-refractivity contribution in [3.63, 3.8) is 0 Å². The second-order valence-electron chi connectivity index (χ2n) is 4.88. The molecule has 0 aliphatic rings. The molecule has 18 heteroatoms. The third-order valence-electron chi connectivity index (χ3n) is 2.91. The lowest BCUT2D eigenvalue weighted by Gasteiger charge is -2.40. The van der Waals surface area contributed by atoms with E-state index in [1.807, 2.05) is 0 Å². The molecule has 0 radical (unpaired) electrons. The van der Waals surface area contributed by atoms with E-state index in [0.29, 0.717) is 0 Å². The van der Waals surface area contributed by atoms with Crippen molar-refractivity contribution in [1.82, 2.24) is 0 Å². The molecule has 0 spiro atoms. The Morgan fingerprint density at radius 2 is 0.679 bits per heavy atom. The molecule has 0 aliphatic heterocycles. The summed E-state index contributed by atoms with van der Waals surface area (Å²) in [6, 6.07) is 0. The summed E-state index contributed by atoms with van der Waals surface area (Å²) in [5.41, 5.74) is -7.51. The highest BCUT2D eigenvalue weighted by Crippen LogP contribution is 2.60. The van der Waals surface area contributed by atoms with Crippen molar-refractivity contribution in [1.29, 1.82) is 0 Å². The van der Waals surface area contributed by atoms with Crippen molar-refractivity contribution >= 4 is 0 Å². The van der Waals surface area contributed by atoms with Crippen LogP contribution >= 0.6 is 0 Å². The molecule has 0 heterocycles. The van der Waals surface area contributed by atoms with Crippen molar-refractivity contribution in [2.24, 2.45) is 0 Å². The Hall–Kier alpha value is -1.52. The zero-order valence-electron chi connectivity index (χ0n) is 12.0. The molecule has 0 saturated carbocycles. The molecular weight excluding hydrogens is 462 g/mol. The van der Waals surface area contributed by atoms with Gasteiger partial charge in [0.2, 0.25) is 0 Å². The van der Waals surface area contributed by atoms with Crippen molar-refractivity contribution in [2.75, 3.05) is 0 Å². The van der Waals surface area contributed by atoms with Crippen LogP contribution in [0, 0.1) is 0 Å². The van der Waals surface area contributed by atoms with E-state index < -0.39 is 60.0 Å². The van der Waals surface area contributed by atoms with Crippen molar-refractivity contribution in [3.8, 4) is 0 Å². The first-order valence-corrected chi connectivity index (χ1v) is 5.81. The normalized spacial score (nSPS) is 18.5. The van der Waals surface area contributed by atoms with Crippen molar-refractivity contribution in [2.45, 2.75) is 47.9 Å². The molecule has 0 aromatic rings. The Bertz CT molecular complexity index is 585. The topological polar surface area (TPSA) is 0 Å². The van der Waals surface area contributed by atoms with Gasteiger partial charge in [-0.15, -0.1) is 0 Å². The van der Waals surface area contributed by atoms with Gasteiger partial charge in [0.1, 0.15) is 0 Å². The van der Waals surface area contributed by atoms with Gasteiger partial charge in [-0.25, -0.2) is 4.39 Å². The van der Waals surface area contributed by atoms with Crippen molar-refractivity contribution in [3.05, 3.63) is 12.2 Å². The zero-order chi connectivity index (χ0) is 23.4. The maximum atomic E-state index is 13.6. The van der Waals surface area contributed by atoms with E-state index in [4.69, 9.17) is 0 Å². The predicted molar refractivity (Wildman–Crippen MR) is 50.9 cm³/mol. The fraction of sp³-hybridized carbons (Fsp3) is 0.800. The van der Waals surface area contributed by atoms with Crippen LogP contribution in [0.1, 0.15) is 0 Å². The van der Waals surface area contributed by atoms with Gasteiger partial charge in [-0.05, 0) is 12.2 Å². The van der Waals surface area contributed by atoms with E-state index in [2.05, 4.69) is 0 Å². The summed E-state index contributed by atoms with van der Waals surface area (Å²) >= 11 is 0. The fourth-order valence-electron chi connectivity index (χ4n) is 1.29. The van der Waals surface area contributed by atoms with E-state index in [-0.39, 0.29) is 0 Å². The van der Waals surface area contributed by atoms with Crippen molar-refractivity contribution < 1.29 is 79.0 Å². The maximum Gasteiger partial charge on any atom is 0.460 e. The minimum absolute atomic E-state index is 2.38. The molecule has 0 aliphatic carbocycles. The van der Waals surface area contributed by atoms with E-state index in [1.54, 1.807) is 0 Å². The number of hydrogen-bond acceptors (Lipinski definition) is 0. The molecule has 0 nitrogen and oxygen atoms in total. The minimum atomic E-state index is -8.29. The highest BCUT2D eigenvalue weighted by atomic mass is 19.4. The van der Waals surface area contributed by atoms with Crippen LogP contribution in [0.5, 0.6) is 0 Å². The van der Waals surface area contributed by atoms with E-state index in [1.165, 1.54) is 0 Å². The van der Waals surface area contributed by atoms with E-state index in [0.717, 1.165) is 0 Å². The summed E-state index contributed by atoms with van der Waals surface area (Å²) in [7, 11) is 0. The molecular formula is C10H2F18. The Morgan fingerprint density at radius 3 is 0.929 bits per heavy atom. The third-order valence-corrected chi connectivity index (χ3v) is 2.91. The maximum absolute atomic E-state index is 13.6. The Labute approximate surface area is 140 Å². The summed E-state index contributed by atoms with van der Waals surface area (Å²) in [5, 5.41) is 0.